The van der Waals surface area contributed by atoms with Gasteiger partial charge in [-0.05, 0) is 13.8 Å². The van der Waals surface area contributed by atoms with Gasteiger partial charge in [-0.1, -0.05) is 0 Å². The first-order chi connectivity index (χ1) is 7.81. The van der Waals surface area contributed by atoms with E-state index in [1.807, 2.05) is 0 Å². The largest absolute Gasteiger partial charge is 0.406 e. The number of carbonyl (C=O) groups excluding carboxylic acids is 1. The van der Waals surface area contributed by atoms with E-state index in [0.717, 1.165) is 11.4 Å². The van der Waals surface area contributed by atoms with Gasteiger partial charge in [-0.2, -0.15) is 13.2 Å². The maximum Gasteiger partial charge on any atom is 0.406 e. The molecule has 1 rings (SSSR count). The number of hydrogen-bond acceptors (Lipinski definition) is 3. The van der Waals surface area contributed by atoms with Gasteiger partial charge in [0.15, 0.2) is 0 Å². The molecule has 1 unspecified atom stereocenters. The van der Waals surface area contributed by atoms with Gasteiger partial charge in [0.25, 0.3) is 0 Å². The Morgan fingerprint density at radius 2 is 2.06 bits per heavy atom. The molecule has 0 aromatic heterocycles. The van der Waals surface area contributed by atoms with Crippen LogP contribution in [0.15, 0.2) is 0 Å². The fourth-order valence-electron chi connectivity index (χ4n) is 1.74. The number of rotatable bonds is 3. The minimum absolute atomic E-state index is 0.375. The van der Waals surface area contributed by atoms with Crippen molar-refractivity contribution >= 4 is 5.91 Å². The minimum atomic E-state index is -4.36. The van der Waals surface area contributed by atoms with Gasteiger partial charge in [0, 0.05) is 25.7 Å². The molecule has 1 amide bonds. The number of amides is 1. The molecule has 1 aliphatic heterocycles. The zero-order chi connectivity index (χ0) is 13.1. The highest BCUT2D eigenvalue weighted by Crippen LogP contribution is 2.18. The predicted molar refractivity (Wildman–Crippen MR) is 57.6 cm³/mol. The Balaban J connectivity index is 2.66. The monoisotopic (exact) mass is 253 g/mol. The predicted octanol–water partition coefficient (Wildman–Crippen LogP) is 0.347. The van der Waals surface area contributed by atoms with E-state index in [1.54, 1.807) is 13.8 Å². The molecule has 100 valence electrons. The Labute approximate surface area is 98.5 Å². The second-order valence-corrected chi connectivity index (χ2v) is 4.39. The summed E-state index contributed by atoms with van der Waals surface area (Å²) in [5.74, 6) is -0.496. The molecule has 1 saturated heterocycles. The second-order valence-electron chi connectivity index (χ2n) is 4.39. The van der Waals surface area contributed by atoms with E-state index in [2.05, 4.69) is 10.6 Å². The molecule has 0 aliphatic carbocycles. The maximum atomic E-state index is 12.4. The molecule has 0 radical (unpaired) electrons. The maximum absolute atomic E-state index is 12.4. The van der Waals surface area contributed by atoms with Crippen LogP contribution in [0.1, 0.15) is 13.8 Å². The highest BCUT2D eigenvalue weighted by atomic mass is 19.4. The van der Waals surface area contributed by atoms with Crippen LogP contribution in [0.5, 0.6) is 0 Å². The van der Waals surface area contributed by atoms with Crippen LogP contribution in [0, 0.1) is 0 Å². The number of alkyl halides is 3. The Bertz CT molecular complexity index is 262. The molecular formula is C10H18F3N3O. The highest BCUT2D eigenvalue weighted by Gasteiger charge is 2.36. The van der Waals surface area contributed by atoms with Crippen LogP contribution in [-0.2, 0) is 4.79 Å². The van der Waals surface area contributed by atoms with Crippen molar-refractivity contribution in [3.05, 3.63) is 0 Å². The summed E-state index contributed by atoms with van der Waals surface area (Å²) in [6.07, 6.45) is -4.36. The highest BCUT2D eigenvalue weighted by molar-refractivity contribution is 5.82. The van der Waals surface area contributed by atoms with Gasteiger partial charge in [0.05, 0.1) is 6.04 Å². The molecular weight excluding hydrogens is 235 g/mol. The lowest BCUT2D eigenvalue weighted by Crippen LogP contribution is -2.58. The molecule has 0 bridgehead atoms. The van der Waals surface area contributed by atoms with Crippen molar-refractivity contribution in [1.82, 2.24) is 15.5 Å². The average Bonchev–Trinajstić information content (AvgIpc) is 2.25. The van der Waals surface area contributed by atoms with E-state index in [4.69, 9.17) is 0 Å². The summed E-state index contributed by atoms with van der Waals surface area (Å²) in [7, 11) is 0. The number of nitrogens with one attached hydrogen (secondary N) is 2. The molecule has 1 aliphatic rings. The van der Waals surface area contributed by atoms with Crippen LogP contribution in [0.25, 0.3) is 0 Å². The van der Waals surface area contributed by atoms with Gasteiger partial charge in [0.2, 0.25) is 5.91 Å². The van der Waals surface area contributed by atoms with Crippen LogP contribution < -0.4 is 10.6 Å². The Hall–Kier alpha value is -0.820. The Morgan fingerprint density at radius 3 is 2.47 bits per heavy atom. The van der Waals surface area contributed by atoms with E-state index in [-0.39, 0.29) is 0 Å². The van der Waals surface area contributed by atoms with Gasteiger partial charge < -0.3 is 15.5 Å². The molecule has 0 aromatic rings. The summed E-state index contributed by atoms with van der Waals surface area (Å²) in [4.78, 5) is 12.8. The molecule has 17 heavy (non-hydrogen) atoms. The van der Waals surface area contributed by atoms with Crippen molar-refractivity contribution in [3.8, 4) is 0 Å². The number of hydrogen-bond donors (Lipinski definition) is 2. The van der Waals surface area contributed by atoms with Gasteiger partial charge in [-0.3, -0.25) is 4.79 Å². The minimum Gasteiger partial charge on any atom is -0.330 e. The third kappa shape index (κ3) is 4.51. The number of nitrogens with zero attached hydrogens (tertiary/aromatic N) is 1. The van der Waals surface area contributed by atoms with Gasteiger partial charge in [0.1, 0.15) is 6.54 Å². The summed E-state index contributed by atoms with van der Waals surface area (Å²) in [6.45, 7) is 3.67. The zero-order valence-corrected chi connectivity index (χ0v) is 9.97. The standard InChI is InChI=1S/C10H18F3N3O/c1-7(2)16(6-10(11,12)13)9(17)8-5-14-3-4-15-8/h7-8,14-15H,3-6H2,1-2H3. The van der Waals surface area contributed by atoms with Gasteiger partial charge in [-0.15, -0.1) is 0 Å². The number of carbonyl (C=O) groups is 1. The summed E-state index contributed by atoms with van der Waals surface area (Å²) in [5, 5.41) is 5.90. The molecule has 1 heterocycles. The first-order valence-corrected chi connectivity index (χ1v) is 5.62. The van der Waals surface area contributed by atoms with Crippen molar-refractivity contribution in [2.75, 3.05) is 26.2 Å². The van der Waals surface area contributed by atoms with Crippen LogP contribution in [-0.4, -0.2) is 55.2 Å². The van der Waals surface area contributed by atoms with Crippen LogP contribution in [0.3, 0.4) is 0 Å². The summed E-state index contributed by atoms with van der Waals surface area (Å²) < 4.78 is 37.1. The lowest BCUT2D eigenvalue weighted by molar-refractivity contribution is -0.166. The van der Waals surface area contributed by atoms with Crippen LogP contribution >= 0.6 is 0 Å². The molecule has 0 spiro atoms. The third-order valence-electron chi connectivity index (χ3n) is 2.60. The summed E-state index contributed by atoms with van der Waals surface area (Å²) in [6, 6.07) is -1.03. The van der Waals surface area contributed by atoms with E-state index in [1.165, 1.54) is 0 Å². The lowest BCUT2D eigenvalue weighted by Gasteiger charge is -2.33. The number of halogens is 3. The molecule has 1 fully saturated rings. The summed E-state index contributed by atoms with van der Waals surface area (Å²) in [5.41, 5.74) is 0. The number of piperazine rings is 1. The normalized spacial score (nSPS) is 21.6. The fraction of sp³-hybridized carbons (Fsp3) is 0.900. The first-order valence-electron chi connectivity index (χ1n) is 5.62. The fourth-order valence-corrected chi connectivity index (χ4v) is 1.74. The van der Waals surface area contributed by atoms with Crippen molar-refractivity contribution in [3.63, 3.8) is 0 Å². The molecule has 4 nitrogen and oxygen atoms in total. The van der Waals surface area contributed by atoms with Crippen molar-refractivity contribution in [2.45, 2.75) is 32.1 Å². The molecule has 1 atom stereocenters. The smallest absolute Gasteiger partial charge is 0.330 e. The lowest BCUT2D eigenvalue weighted by atomic mass is 10.1. The third-order valence-corrected chi connectivity index (χ3v) is 2.60. The topological polar surface area (TPSA) is 44.4 Å². The molecule has 0 aromatic carbocycles. The Morgan fingerprint density at radius 1 is 1.41 bits per heavy atom. The van der Waals surface area contributed by atoms with Crippen molar-refractivity contribution < 1.29 is 18.0 Å². The van der Waals surface area contributed by atoms with Crippen LogP contribution in [0.4, 0.5) is 13.2 Å². The quantitative estimate of drug-likeness (QED) is 0.762. The van der Waals surface area contributed by atoms with E-state index in [9.17, 15) is 18.0 Å². The zero-order valence-electron chi connectivity index (χ0n) is 9.97. The van der Waals surface area contributed by atoms with E-state index >= 15 is 0 Å². The molecule has 0 saturated carbocycles. The first kappa shape index (κ1) is 14.2. The van der Waals surface area contributed by atoms with Crippen molar-refractivity contribution in [2.24, 2.45) is 0 Å². The molecule has 2 N–H and O–H groups in total. The van der Waals surface area contributed by atoms with E-state index < -0.39 is 30.7 Å². The van der Waals surface area contributed by atoms with Crippen LogP contribution in [0.2, 0.25) is 0 Å². The van der Waals surface area contributed by atoms with Crippen molar-refractivity contribution in [1.29, 1.82) is 0 Å². The van der Waals surface area contributed by atoms with Gasteiger partial charge >= 0.3 is 6.18 Å². The summed E-state index contributed by atoms with van der Waals surface area (Å²) >= 11 is 0. The molecule has 7 heteroatoms. The SMILES string of the molecule is CC(C)N(CC(F)(F)F)C(=O)C1CNCCN1. The second kappa shape index (κ2) is 5.68. The van der Waals surface area contributed by atoms with Gasteiger partial charge in [-0.25, -0.2) is 0 Å². The Kier molecular flexibility index (Phi) is 4.76. The average molecular weight is 253 g/mol. The van der Waals surface area contributed by atoms with E-state index in [0.29, 0.717) is 13.1 Å².